The summed E-state index contributed by atoms with van der Waals surface area (Å²) in [5.41, 5.74) is 0.996. The lowest BCUT2D eigenvalue weighted by atomic mass is 10.1. The third-order valence-electron chi connectivity index (χ3n) is 3.03. The summed E-state index contributed by atoms with van der Waals surface area (Å²) in [5.74, 6) is 0.465. The van der Waals surface area contributed by atoms with Gasteiger partial charge in [0.1, 0.15) is 10.8 Å². The summed E-state index contributed by atoms with van der Waals surface area (Å²) < 4.78 is 11.6. The van der Waals surface area contributed by atoms with E-state index in [0.717, 1.165) is 0 Å². The maximum atomic E-state index is 11.9. The monoisotopic (exact) mass is 276 g/mol. The summed E-state index contributed by atoms with van der Waals surface area (Å²) in [6.45, 7) is 3.72. The molecule has 2 aromatic rings. The number of rotatable bonds is 3. The number of aromatic nitrogens is 2. The van der Waals surface area contributed by atoms with E-state index >= 15 is 0 Å². The number of phenols is 1. The van der Waals surface area contributed by atoms with Crippen molar-refractivity contribution in [2.45, 2.75) is 0 Å². The Balaban J connectivity index is 2.67. The Labute approximate surface area is 115 Å². The van der Waals surface area contributed by atoms with Gasteiger partial charge in [0.25, 0.3) is 5.56 Å². The molecule has 6 heteroatoms. The molecule has 2 rings (SSSR count). The second kappa shape index (κ2) is 5.16. The van der Waals surface area contributed by atoms with E-state index in [4.69, 9.17) is 9.47 Å². The van der Waals surface area contributed by atoms with Gasteiger partial charge < -0.3 is 19.6 Å². The van der Waals surface area contributed by atoms with Crippen LogP contribution in [0.5, 0.6) is 17.2 Å². The van der Waals surface area contributed by atoms with E-state index in [1.165, 1.54) is 18.8 Å². The molecule has 0 fully saturated rings. The summed E-state index contributed by atoms with van der Waals surface area (Å²) in [7, 11) is 4.52. The molecule has 0 saturated carbocycles. The molecule has 1 aromatic heterocycles. The maximum absolute atomic E-state index is 11.9. The first-order valence-electron chi connectivity index (χ1n) is 5.88. The van der Waals surface area contributed by atoms with Crippen LogP contribution in [0.15, 0.2) is 16.9 Å². The van der Waals surface area contributed by atoms with Crippen molar-refractivity contribution in [3.8, 4) is 17.2 Å². The van der Waals surface area contributed by atoms with Gasteiger partial charge in [-0.2, -0.15) is 0 Å². The van der Waals surface area contributed by atoms with Crippen LogP contribution in [0, 0.1) is 0 Å². The van der Waals surface area contributed by atoms with Crippen LogP contribution in [0.1, 0.15) is 5.56 Å². The molecule has 0 atom stereocenters. The molecule has 0 aliphatic rings. The largest absolute Gasteiger partial charge is 0.502 e. The first-order chi connectivity index (χ1) is 9.47. The molecule has 6 nitrogen and oxygen atoms in total. The SMILES string of the molecule is C=c1[nH]c(=Cc2cc(OC)c(O)c(OC)c2)c(=O)n1C. The van der Waals surface area contributed by atoms with Gasteiger partial charge in [-0.1, -0.05) is 6.58 Å². The Morgan fingerprint density at radius 1 is 1.30 bits per heavy atom. The van der Waals surface area contributed by atoms with Gasteiger partial charge in [-0.15, -0.1) is 0 Å². The number of methoxy groups -OCH3 is 2. The highest BCUT2D eigenvalue weighted by molar-refractivity contribution is 5.61. The number of hydrogen-bond donors (Lipinski definition) is 2. The van der Waals surface area contributed by atoms with Crippen LogP contribution >= 0.6 is 0 Å². The molecule has 0 amide bonds. The molecular formula is C14H16N2O4. The van der Waals surface area contributed by atoms with Gasteiger partial charge in [0.05, 0.1) is 14.2 Å². The first-order valence-corrected chi connectivity index (χ1v) is 5.88. The van der Waals surface area contributed by atoms with Gasteiger partial charge in [0.2, 0.25) is 5.75 Å². The van der Waals surface area contributed by atoms with Crippen molar-refractivity contribution in [3.05, 3.63) is 38.9 Å². The molecule has 1 heterocycles. The van der Waals surface area contributed by atoms with Crippen molar-refractivity contribution >= 4 is 12.7 Å². The van der Waals surface area contributed by atoms with Gasteiger partial charge in [0.15, 0.2) is 11.5 Å². The van der Waals surface area contributed by atoms with Gasteiger partial charge in [-0.05, 0) is 23.8 Å². The van der Waals surface area contributed by atoms with Crippen molar-refractivity contribution in [3.63, 3.8) is 0 Å². The lowest BCUT2D eigenvalue weighted by molar-refractivity contribution is 0.340. The Morgan fingerprint density at radius 3 is 2.25 bits per heavy atom. The summed E-state index contributed by atoms with van der Waals surface area (Å²) in [6, 6.07) is 3.22. The molecule has 1 aromatic carbocycles. The smallest absolute Gasteiger partial charge is 0.275 e. The number of H-pyrrole nitrogens is 1. The fourth-order valence-corrected chi connectivity index (χ4v) is 1.86. The Bertz CT molecular complexity index is 777. The van der Waals surface area contributed by atoms with Crippen molar-refractivity contribution in [1.29, 1.82) is 0 Å². The fourth-order valence-electron chi connectivity index (χ4n) is 1.86. The average Bonchev–Trinajstić information content (AvgIpc) is 2.68. The van der Waals surface area contributed by atoms with Crippen molar-refractivity contribution in [2.24, 2.45) is 7.05 Å². The van der Waals surface area contributed by atoms with E-state index in [0.29, 0.717) is 16.4 Å². The lowest BCUT2D eigenvalue weighted by Gasteiger charge is -2.09. The minimum atomic E-state index is -0.180. The van der Waals surface area contributed by atoms with Crippen LogP contribution in [0.4, 0.5) is 0 Å². The topological polar surface area (TPSA) is 76.5 Å². The average molecular weight is 276 g/mol. The van der Waals surface area contributed by atoms with Crippen LogP contribution in [0.2, 0.25) is 0 Å². The molecule has 0 aliphatic carbocycles. The van der Waals surface area contributed by atoms with E-state index in [2.05, 4.69) is 11.6 Å². The van der Waals surface area contributed by atoms with Crippen LogP contribution < -0.4 is 25.9 Å². The number of aromatic amines is 1. The second-order valence-electron chi connectivity index (χ2n) is 4.27. The standard InChI is InChI=1S/C14H16N2O4/c1-8-15-10(14(18)16(8)2)5-9-6-11(19-3)13(17)12(7-9)20-4/h5-7,15,17H,1H2,2-4H3. The number of nitrogens with zero attached hydrogens (tertiary/aromatic N) is 1. The molecule has 2 N–H and O–H groups in total. The molecule has 0 spiro atoms. The van der Waals surface area contributed by atoms with Crippen LogP contribution in [0.25, 0.3) is 12.7 Å². The van der Waals surface area contributed by atoms with Gasteiger partial charge >= 0.3 is 0 Å². The van der Waals surface area contributed by atoms with Crippen molar-refractivity contribution in [1.82, 2.24) is 9.55 Å². The third-order valence-corrected chi connectivity index (χ3v) is 3.03. The zero-order chi connectivity index (χ0) is 14.9. The minimum absolute atomic E-state index is 0.0793. The second-order valence-corrected chi connectivity index (χ2v) is 4.27. The fraction of sp³-hybridized carbons (Fsp3) is 0.214. The number of hydrogen-bond acceptors (Lipinski definition) is 4. The minimum Gasteiger partial charge on any atom is -0.502 e. The van der Waals surface area contributed by atoms with Crippen LogP contribution in [-0.2, 0) is 7.05 Å². The molecule has 0 radical (unpaired) electrons. The number of nitrogens with one attached hydrogen (secondary N) is 1. The quantitative estimate of drug-likeness (QED) is 0.805. The van der Waals surface area contributed by atoms with Crippen LogP contribution in [0.3, 0.4) is 0 Å². The predicted octanol–water partition coefficient (Wildman–Crippen LogP) is -0.325. The highest BCUT2D eigenvalue weighted by Crippen LogP contribution is 2.37. The van der Waals surface area contributed by atoms with E-state index in [1.54, 1.807) is 25.3 Å². The number of phenolic OH excluding ortho intramolecular Hbond substituents is 1. The third kappa shape index (κ3) is 2.27. The van der Waals surface area contributed by atoms with Crippen LogP contribution in [-0.4, -0.2) is 28.9 Å². The number of benzene rings is 1. The molecule has 0 unspecified atom stereocenters. The van der Waals surface area contributed by atoms with E-state index in [-0.39, 0.29) is 22.8 Å². The molecular weight excluding hydrogens is 260 g/mol. The highest BCUT2D eigenvalue weighted by Gasteiger charge is 2.10. The summed E-state index contributed by atoms with van der Waals surface area (Å²) >= 11 is 0. The zero-order valence-electron chi connectivity index (χ0n) is 11.6. The first kappa shape index (κ1) is 13.8. The Hall–Kier alpha value is -2.63. The molecule has 0 bridgehead atoms. The van der Waals surface area contributed by atoms with Gasteiger partial charge in [-0.25, -0.2) is 0 Å². The van der Waals surface area contributed by atoms with Crippen molar-refractivity contribution in [2.75, 3.05) is 14.2 Å². The molecule has 0 saturated heterocycles. The maximum Gasteiger partial charge on any atom is 0.275 e. The van der Waals surface area contributed by atoms with E-state index in [1.807, 2.05) is 0 Å². The van der Waals surface area contributed by atoms with Gasteiger partial charge in [0, 0.05) is 7.05 Å². The van der Waals surface area contributed by atoms with Gasteiger partial charge in [-0.3, -0.25) is 9.36 Å². The predicted molar refractivity (Wildman–Crippen MR) is 75.6 cm³/mol. The lowest BCUT2D eigenvalue weighted by Crippen LogP contribution is -2.28. The highest BCUT2D eigenvalue weighted by atomic mass is 16.5. The number of ether oxygens (including phenoxy) is 2. The molecule has 0 aliphatic heterocycles. The van der Waals surface area contributed by atoms with Crippen molar-refractivity contribution < 1.29 is 14.6 Å². The molecule has 106 valence electrons. The summed E-state index contributed by atoms with van der Waals surface area (Å²) in [4.78, 5) is 14.8. The number of aromatic hydroxyl groups is 1. The number of imidazole rings is 1. The normalized spacial score (nSPS) is 11.7. The zero-order valence-corrected chi connectivity index (χ0v) is 11.6. The van der Waals surface area contributed by atoms with E-state index < -0.39 is 0 Å². The Kier molecular flexibility index (Phi) is 3.56. The summed E-state index contributed by atoms with van der Waals surface area (Å²) in [5, 5.41) is 10.2. The van der Waals surface area contributed by atoms with E-state index in [9.17, 15) is 9.90 Å². The molecule has 20 heavy (non-hydrogen) atoms. The summed E-state index contributed by atoms with van der Waals surface area (Å²) in [6.07, 6.45) is 1.64. The Morgan fingerprint density at radius 2 is 1.85 bits per heavy atom.